The minimum Gasteiger partial charge on any atom is -0.396 e. The molecule has 7 heteroatoms. The lowest BCUT2D eigenvalue weighted by molar-refractivity contribution is 0.282. The number of nitrogen functional groups attached to an aromatic ring is 1. The van der Waals surface area contributed by atoms with Gasteiger partial charge in [0.1, 0.15) is 5.82 Å². The molecule has 0 aliphatic heterocycles. The molecule has 1 rings (SSSR count). The van der Waals surface area contributed by atoms with E-state index in [1.165, 1.54) is 0 Å². The summed E-state index contributed by atoms with van der Waals surface area (Å²) in [6.07, 6.45) is 2.26. The van der Waals surface area contributed by atoms with Crippen molar-refractivity contribution >= 4 is 27.7 Å². The van der Waals surface area contributed by atoms with E-state index in [0.717, 1.165) is 4.47 Å². The van der Waals surface area contributed by atoms with Crippen LogP contribution < -0.4 is 16.6 Å². The molecule has 1 aromatic heterocycles. The van der Waals surface area contributed by atoms with Crippen LogP contribution in [-0.4, -0.2) is 27.7 Å². The smallest absolute Gasteiger partial charge is 0.239 e. The lowest BCUT2D eigenvalue weighted by Gasteiger charge is -2.14. The first kappa shape index (κ1) is 12.2. The summed E-state index contributed by atoms with van der Waals surface area (Å²) in [5, 5.41) is 11.9. The molecule has 0 aliphatic rings. The van der Waals surface area contributed by atoms with E-state index >= 15 is 0 Å². The number of aromatic nitrogens is 2. The van der Waals surface area contributed by atoms with Crippen LogP contribution in [0.25, 0.3) is 0 Å². The molecular weight excluding hydrogens is 262 g/mol. The van der Waals surface area contributed by atoms with Crippen LogP contribution in [0.1, 0.15) is 13.3 Å². The van der Waals surface area contributed by atoms with Gasteiger partial charge in [0.15, 0.2) is 0 Å². The van der Waals surface area contributed by atoms with E-state index in [0.29, 0.717) is 18.2 Å². The van der Waals surface area contributed by atoms with Crippen molar-refractivity contribution in [2.24, 2.45) is 5.84 Å². The molecule has 0 radical (unpaired) electrons. The van der Waals surface area contributed by atoms with E-state index < -0.39 is 0 Å². The summed E-state index contributed by atoms with van der Waals surface area (Å²) >= 11 is 3.32. The van der Waals surface area contributed by atoms with Gasteiger partial charge >= 0.3 is 0 Å². The van der Waals surface area contributed by atoms with Gasteiger partial charge in [-0.3, -0.25) is 5.43 Å². The summed E-state index contributed by atoms with van der Waals surface area (Å²) in [6, 6.07) is 0.131. The van der Waals surface area contributed by atoms with Gasteiger partial charge in [0.2, 0.25) is 5.95 Å². The van der Waals surface area contributed by atoms with Crippen LogP contribution in [0.15, 0.2) is 10.7 Å². The Balaban J connectivity index is 2.74. The molecule has 84 valence electrons. The number of anilines is 2. The van der Waals surface area contributed by atoms with Gasteiger partial charge in [0, 0.05) is 18.8 Å². The third kappa shape index (κ3) is 3.61. The van der Waals surface area contributed by atoms with Gasteiger partial charge in [0.25, 0.3) is 0 Å². The summed E-state index contributed by atoms with van der Waals surface area (Å²) < 4.78 is 0.756. The normalized spacial score (nSPS) is 12.3. The molecule has 0 fully saturated rings. The predicted molar refractivity (Wildman–Crippen MR) is 62.3 cm³/mol. The van der Waals surface area contributed by atoms with E-state index in [4.69, 9.17) is 10.9 Å². The highest BCUT2D eigenvalue weighted by Crippen LogP contribution is 2.20. The van der Waals surface area contributed by atoms with E-state index in [2.05, 4.69) is 36.6 Å². The van der Waals surface area contributed by atoms with Crippen molar-refractivity contribution in [1.29, 1.82) is 0 Å². The Kier molecular flexibility index (Phi) is 4.73. The second-order valence-corrected chi connectivity index (χ2v) is 3.95. The fraction of sp³-hybridized carbons (Fsp3) is 0.500. The number of aliphatic hydroxyl groups is 1. The zero-order valence-electron chi connectivity index (χ0n) is 8.37. The maximum atomic E-state index is 8.77. The first-order valence-electron chi connectivity index (χ1n) is 4.54. The van der Waals surface area contributed by atoms with E-state index in [9.17, 15) is 0 Å². The van der Waals surface area contributed by atoms with Crippen LogP contribution in [0.2, 0.25) is 0 Å². The molecule has 0 saturated heterocycles. The molecule has 5 N–H and O–H groups in total. The topological polar surface area (TPSA) is 96.1 Å². The highest BCUT2D eigenvalue weighted by atomic mass is 79.9. The lowest BCUT2D eigenvalue weighted by atomic mass is 10.2. The van der Waals surface area contributed by atoms with Crippen LogP contribution in [0.5, 0.6) is 0 Å². The van der Waals surface area contributed by atoms with E-state index in [1.54, 1.807) is 6.20 Å². The Morgan fingerprint density at radius 2 is 2.40 bits per heavy atom. The number of nitrogens with one attached hydrogen (secondary N) is 2. The van der Waals surface area contributed by atoms with Gasteiger partial charge in [-0.1, -0.05) is 0 Å². The first-order chi connectivity index (χ1) is 7.17. The number of hydrogen-bond donors (Lipinski definition) is 4. The lowest BCUT2D eigenvalue weighted by Crippen LogP contribution is -2.19. The quantitative estimate of drug-likeness (QED) is 0.467. The Morgan fingerprint density at radius 3 is 3.00 bits per heavy atom. The largest absolute Gasteiger partial charge is 0.396 e. The zero-order valence-corrected chi connectivity index (χ0v) is 9.95. The van der Waals surface area contributed by atoms with Crippen molar-refractivity contribution in [2.75, 3.05) is 17.3 Å². The van der Waals surface area contributed by atoms with Gasteiger partial charge in [-0.2, -0.15) is 4.98 Å². The Labute approximate surface area is 96.4 Å². The maximum Gasteiger partial charge on any atom is 0.239 e. The van der Waals surface area contributed by atoms with Gasteiger partial charge in [-0.05, 0) is 29.3 Å². The Hall–Kier alpha value is -0.920. The molecule has 1 heterocycles. The van der Waals surface area contributed by atoms with Crippen molar-refractivity contribution in [1.82, 2.24) is 9.97 Å². The number of hydrogen-bond acceptors (Lipinski definition) is 6. The summed E-state index contributed by atoms with van der Waals surface area (Å²) in [6.45, 7) is 2.10. The van der Waals surface area contributed by atoms with Crippen LogP contribution in [-0.2, 0) is 0 Å². The van der Waals surface area contributed by atoms with E-state index in [1.807, 2.05) is 6.92 Å². The summed E-state index contributed by atoms with van der Waals surface area (Å²) in [7, 11) is 0. The van der Waals surface area contributed by atoms with Gasteiger partial charge in [0.05, 0.1) is 4.47 Å². The molecule has 0 aromatic carbocycles. The summed E-state index contributed by atoms with van der Waals surface area (Å²) in [4.78, 5) is 8.05. The fourth-order valence-corrected chi connectivity index (χ4v) is 1.34. The van der Waals surface area contributed by atoms with Crippen LogP contribution >= 0.6 is 15.9 Å². The molecule has 0 bridgehead atoms. The molecule has 0 amide bonds. The minimum absolute atomic E-state index is 0.131. The van der Waals surface area contributed by atoms with Crippen LogP contribution in [0.4, 0.5) is 11.8 Å². The average molecular weight is 276 g/mol. The number of rotatable bonds is 5. The molecule has 0 spiro atoms. The predicted octanol–water partition coefficient (Wildman–Crippen LogP) is 0.708. The van der Waals surface area contributed by atoms with Crippen molar-refractivity contribution in [2.45, 2.75) is 19.4 Å². The molecule has 1 unspecified atom stereocenters. The number of hydrazine groups is 1. The number of nitrogens with zero attached hydrogens (tertiary/aromatic N) is 2. The molecule has 6 nitrogen and oxygen atoms in total. The summed E-state index contributed by atoms with van der Waals surface area (Å²) in [5.74, 6) is 6.20. The third-order valence-electron chi connectivity index (χ3n) is 1.82. The van der Waals surface area contributed by atoms with Gasteiger partial charge < -0.3 is 10.4 Å². The highest BCUT2D eigenvalue weighted by molar-refractivity contribution is 9.10. The molecule has 15 heavy (non-hydrogen) atoms. The minimum atomic E-state index is 0.131. The average Bonchev–Trinajstić information content (AvgIpc) is 2.21. The number of halogens is 1. The zero-order chi connectivity index (χ0) is 11.3. The van der Waals surface area contributed by atoms with Crippen LogP contribution in [0, 0.1) is 0 Å². The molecule has 0 aliphatic carbocycles. The van der Waals surface area contributed by atoms with Crippen molar-refractivity contribution < 1.29 is 5.11 Å². The monoisotopic (exact) mass is 275 g/mol. The third-order valence-corrected chi connectivity index (χ3v) is 2.40. The van der Waals surface area contributed by atoms with Gasteiger partial charge in [-0.15, -0.1) is 0 Å². The number of nitrogens with two attached hydrogens (primary N) is 1. The molecule has 1 atom stereocenters. The molecule has 0 saturated carbocycles. The van der Waals surface area contributed by atoms with Crippen molar-refractivity contribution in [3.8, 4) is 0 Å². The highest BCUT2D eigenvalue weighted by Gasteiger charge is 2.07. The second kappa shape index (κ2) is 5.84. The maximum absolute atomic E-state index is 8.77. The SMILES string of the molecule is CC(CCO)Nc1nc(NN)ncc1Br. The van der Waals surface area contributed by atoms with Gasteiger partial charge in [-0.25, -0.2) is 10.8 Å². The Morgan fingerprint density at radius 1 is 1.67 bits per heavy atom. The molecule has 1 aromatic rings. The first-order valence-corrected chi connectivity index (χ1v) is 5.33. The summed E-state index contributed by atoms with van der Waals surface area (Å²) in [5.41, 5.74) is 2.37. The van der Waals surface area contributed by atoms with Crippen molar-refractivity contribution in [3.05, 3.63) is 10.7 Å². The second-order valence-electron chi connectivity index (χ2n) is 3.09. The fourth-order valence-electron chi connectivity index (χ4n) is 1.04. The molecular formula is C8H14BrN5O. The van der Waals surface area contributed by atoms with E-state index in [-0.39, 0.29) is 12.6 Å². The standard InChI is InChI=1S/C8H14BrN5O/c1-5(2-3-15)12-7-6(9)4-11-8(13-7)14-10/h4-5,15H,2-3,10H2,1H3,(H2,11,12,13,14). The Bertz CT molecular complexity index is 322. The number of aliphatic hydroxyl groups excluding tert-OH is 1. The van der Waals surface area contributed by atoms with Crippen LogP contribution in [0.3, 0.4) is 0 Å². The van der Waals surface area contributed by atoms with Crippen molar-refractivity contribution in [3.63, 3.8) is 0 Å².